The Morgan fingerprint density at radius 3 is 2.65 bits per heavy atom. The van der Waals surface area contributed by atoms with Crippen LogP contribution in [0.15, 0.2) is 72.3 Å². The van der Waals surface area contributed by atoms with Crippen molar-refractivity contribution in [2.45, 2.75) is 12.3 Å². The summed E-state index contributed by atoms with van der Waals surface area (Å²) in [5.74, 6) is 1.66. The maximum atomic E-state index is 12.7. The van der Waals surface area contributed by atoms with Gasteiger partial charge in [-0.25, -0.2) is 0 Å². The van der Waals surface area contributed by atoms with Crippen LogP contribution in [0.2, 0.25) is 0 Å². The molecule has 0 bridgehead atoms. The number of hydrogen-bond donors (Lipinski definition) is 0. The molecule has 2 unspecified atom stereocenters. The predicted octanol–water partition coefficient (Wildman–Crippen LogP) is 4.33. The molecule has 23 heavy (non-hydrogen) atoms. The Balaban J connectivity index is 1.60. The molecule has 0 aromatic heterocycles. The molecule has 0 amide bonds. The van der Waals surface area contributed by atoms with E-state index in [4.69, 9.17) is 4.74 Å². The second kappa shape index (κ2) is 5.54. The van der Waals surface area contributed by atoms with E-state index in [0.29, 0.717) is 17.4 Å². The van der Waals surface area contributed by atoms with E-state index in [0.717, 1.165) is 17.7 Å². The molecule has 0 radical (unpaired) electrons. The summed E-state index contributed by atoms with van der Waals surface area (Å²) in [4.78, 5) is 12.7. The van der Waals surface area contributed by atoms with Gasteiger partial charge in [0.2, 0.25) is 0 Å². The van der Waals surface area contributed by atoms with Crippen LogP contribution in [0.4, 0.5) is 0 Å². The number of rotatable bonds is 3. The Hall–Kier alpha value is -2.61. The third-order valence-corrected chi connectivity index (χ3v) is 4.82. The third kappa shape index (κ3) is 2.40. The summed E-state index contributed by atoms with van der Waals surface area (Å²) < 4.78 is 5.15. The van der Waals surface area contributed by atoms with Gasteiger partial charge in [-0.15, -0.1) is 0 Å². The van der Waals surface area contributed by atoms with Crippen LogP contribution in [-0.4, -0.2) is 12.9 Å². The van der Waals surface area contributed by atoms with E-state index in [1.807, 2.05) is 30.3 Å². The van der Waals surface area contributed by atoms with Crippen molar-refractivity contribution in [3.8, 4) is 5.75 Å². The van der Waals surface area contributed by atoms with Gasteiger partial charge in [-0.1, -0.05) is 42.5 Å². The Morgan fingerprint density at radius 1 is 1.09 bits per heavy atom. The van der Waals surface area contributed by atoms with E-state index in [1.165, 1.54) is 11.1 Å². The minimum atomic E-state index is 0.0818. The highest BCUT2D eigenvalue weighted by molar-refractivity contribution is 6.10. The number of allylic oxidation sites excluding steroid dienone is 4. The van der Waals surface area contributed by atoms with E-state index >= 15 is 0 Å². The summed E-state index contributed by atoms with van der Waals surface area (Å²) in [6.45, 7) is 0. The molecule has 2 aromatic rings. The molecule has 2 atom stereocenters. The normalized spacial score (nSPS) is 21.3. The molecule has 0 N–H and O–H groups in total. The summed E-state index contributed by atoms with van der Waals surface area (Å²) in [5.41, 5.74) is 4.31. The lowest BCUT2D eigenvalue weighted by Crippen LogP contribution is -2.12. The number of carbonyl (C=O) groups excluding carboxylic acids is 1. The van der Waals surface area contributed by atoms with Crippen molar-refractivity contribution in [1.29, 1.82) is 0 Å². The summed E-state index contributed by atoms with van der Waals surface area (Å²) in [6, 6.07) is 15.9. The fourth-order valence-corrected chi connectivity index (χ4v) is 3.62. The summed E-state index contributed by atoms with van der Waals surface area (Å²) in [5, 5.41) is 0. The van der Waals surface area contributed by atoms with Crippen LogP contribution in [0, 0.1) is 5.92 Å². The number of fused-ring (bicyclic) bond motifs is 3. The van der Waals surface area contributed by atoms with Crippen LogP contribution in [0.3, 0.4) is 0 Å². The predicted molar refractivity (Wildman–Crippen MR) is 90.9 cm³/mol. The highest BCUT2D eigenvalue weighted by atomic mass is 16.5. The number of benzene rings is 2. The van der Waals surface area contributed by atoms with Gasteiger partial charge >= 0.3 is 0 Å². The smallest absolute Gasteiger partial charge is 0.192 e. The number of Topliss-reactive ketones (excluding diaryl/α,β-unsaturated/α-hetero) is 1. The van der Waals surface area contributed by atoms with Crippen LogP contribution in [0.25, 0.3) is 0 Å². The van der Waals surface area contributed by atoms with Gasteiger partial charge in [0.25, 0.3) is 0 Å². The average Bonchev–Trinajstić information content (AvgIpc) is 2.99. The van der Waals surface area contributed by atoms with Crippen LogP contribution in [-0.2, 0) is 6.42 Å². The Morgan fingerprint density at radius 2 is 1.87 bits per heavy atom. The van der Waals surface area contributed by atoms with Crippen LogP contribution in [0.1, 0.15) is 27.4 Å². The van der Waals surface area contributed by atoms with Crippen molar-refractivity contribution < 1.29 is 9.53 Å². The minimum absolute atomic E-state index is 0.0818. The zero-order valence-electron chi connectivity index (χ0n) is 13.0. The van der Waals surface area contributed by atoms with E-state index in [-0.39, 0.29) is 5.78 Å². The topological polar surface area (TPSA) is 26.3 Å². The van der Waals surface area contributed by atoms with E-state index < -0.39 is 0 Å². The quantitative estimate of drug-likeness (QED) is 0.789. The molecule has 2 aliphatic rings. The Labute approximate surface area is 136 Å². The molecule has 0 spiro atoms. The maximum absolute atomic E-state index is 12.7. The van der Waals surface area contributed by atoms with Crippen molar-refractivity contribution in [2.24, 2.45) is 5.92 Å². The molecule has 2 aromatic carbocycles. The van der Waals surface area contributed by atoms with Crippen molar-refractivity contribution in [3.05, 3.63) is 89.0 Å². The molecule has 0 saturated heterocycles. The van der Waals surface area contributed by atoms with E-state index in [1.54, 1.807) is 7.11 Å². The van der Waals surface area contributed by atoms with Gasteiger partial charge in [-0.3, -0.25) is 4.79 Å². The number of carbonyl (C=O) groups is 1. The molecule has 2 heteroatoms. The zero-order valence-corrected chi connectivity index (χ0v) is 13.0. The summed E-state index contributed by atoms with van der Waals surface area (Å²) in [6.07, 6.45) is 7.34. The van der Waals surface area contributed by atoms with Gasteiger partial charge in [0, 0.05) is 17.1 Å². The second-order valence-electron chi connectivity index (χ2n) is 6.13. The molecule has 114 valence electrons. The first-order chi connectivity index (χ1) is 11.3. The molecular weight excluding hydrogens is 284 g/mol. The lowest BCUT2D eigenvalue weighted by atomic mass is 9.84. The first-order valence-electron chi connectivity index (χ1n) is 7.93. The largest absolute Gasteiger partial charge is 0.497 e. The molecule has 2 nitrogen and oxygen atoms in total. The molecule has 0 aliphatic heterocycles. The Bertz CT molecular complexity index is 812. The van der Waals surface area contributed by atoms with Gasteiger partial charge in [0.15, 0.2) is 5.78 Å². The lowest BCUT2D eigenvalue weighted by Gasteiger charge is -2.19. The molecule has 2 aliphatic carbocycles. The van der Waals surface area contributed by atoms with Gasteiger partial charge in [-0.2, -0.15) is 0 Å². The maximum Gasteiger partial charge on any atom is 0.192 e. The SMILES string of the molecule is COc1ccc(C(=O)C2=CC3Cc4ccccc4C3C=C2)cc1. The van der Waals surface area contributed by atoms with Crippen LogP contribution in [0.5, 0.6) is 5.75 Å². The highest BCUT2D eigenvalue weighted by Gasteiger charge is 2.32. The summed E-state index contributed by atoms with van der Waals surface area (Å²) in [7, 11) is 1.63. The van der Waals surface area contributed by atoms with Crippen LogP contribution >= 0.6 is 0 Å². The zero-order chi connectivity index (χ0) is 15.8. The van der Waals surface area contributed by atoms with Gasteiger partial charge in [-0.05, 0) is 47.7 Å². The number of methoxy groups -OCH3 is 1. The van der Waals surface area contributed by atoms with Gasteiger partial charge in [0.1, 0.15) is 5.75 Å². The average molecular weight is 302 g/mol. The number of ether oxygens (including phenoxy) is 1. The number of hydrogen-bond acceptors (Lipinski definition) is 2. The van der Waals surface area contributed by atoms with Crippen LogP contribution < -0.4 is 4.74 Å². The molecule has 0 fully saturated rings. The fourth-order valence-electron chi connectivity index (χ4n) is 3.62. The Kier molecular flexibility index (Phi) is 3.38. The molecule has 0 heterocycles. The van der Waals surface area contributed by atoms with Crippen molar-refractivity contribution in [3.63, 3.8) is 0 Å². The molecule has 0 saturated carbocycles. The lowest BCUT2D eigenvalue weighted by molar-refractivity contribution is 0.103. The minimum Gasteiger partial charge on any atom is -0.497 e. The van der Waals surface area contributed by atoms with Gasteiger partial charge < -0.3 is 4.74 Å². The standard InChI is InChI=1S/C21H18O2/c1-23-18-9-6-14(7-10-18)21(22)16-8-11-20-17(13-16)12-15-4-2-3-5-19(15)20/h2-11,13,17,20H,12H2,1H3. The molecular formula is C21H18O2. The number of ketones is 1. The highest BCUT2D eigenvalue weighted by Crippen LogP contribution is 2.42. The first-order valence-corrected chi connectivity index (χ1v) is 7.93. The van der Waals surface area contributed by atoms with Crippen molar-refractivity contribution in [1.82, 2.24) is 0 Å². The first kappa shape index (κ1) is 14.0. The third-order valence-electron chi connectivity index (χ3n) is 4.82. The van der Waals surface area contributed by atoms with Crippen molar-refractivity contribution >= 4 is 5.78 Å². The second-order valence-corrected chi connectivity index (χ2v) is 6.13. The fraction of sp³-hybridized carbons (Fsp3) is 0.190. The van der Waals surface area contributed by atoms with Gasteiger partial charge in [0.05, 0.1) is 7.11 Å². The summed E-state index contributed by atoms with van der Waals surface area (Å²) >= 11 is 0. The van der Waals surface area contributed by atoms with E-state index in [2.05, 4.69) is 36.4 Å². The van der Waals surface area contributed by atoms with E-state index in [9.17, 15) is 4.79 Å². The monoisotopic (exact) mass is 302 g/mol. The molecule has 4 rings (SSSR count). The van der Waals surface area contributed by atoms with Crippen molar-refractivity contribution in [2.75, 3.05) is 7.11 Å².